The van der Waals surface area contributed by atoms with Gasteiger partial charge in [-0.3, -0.25) is 4.90 Å². The van der Waals surface area contributed by atoms with Crippen LogP contribution in [-0.4, -0.2) is 73.9 Å². The van der Waals surface area contributed by atoms with E-state index < -0.39 is 6.10 Å². The molecule has 0 saturated carbocycles. The van der Waals surface area contributed by atoms with Crippen molar-refractivity contribution >= 4 is 17.0 Å². The second-order valence-electron chi connectivity index (χ2n) is 6.81. The van der Waals surface area contributed by atoms with Gasteiger partial charge in [-0.15, -0.1) is 5.10 Å². The summed E-state index contributed by atoms with van der Waals surface area (Å²) in [6.07, 6.45) is -0.591. The lowest BCUT2D eigenvalue weighted by Crippen LogP contribution is -2.42. The first-order chi connectivity index (χ1) is 13.1. The number of benzene rings is 1. The number of aryl methyl sites for hydroxylation is 1. The highest BCUT2D eigenvalue weighted by Crippen LogP contribution is 2.22. The molecule has 4 rings (SSSR count). The molecule has 1 fully saturated rings. The molecule has 1 saturated heterocycles. The molecule has 3 heterocycles. The van der Waals surface area contributed by atoms with Gasteiger partial charge in [-0.25, -0.2) is 14.6 Å². The van der Waals surface area contributed by atoms with Gasteiger partial charge in [0, 0.05) is 25.2 Å². The Morgan fingerprint density at radius 3 is 2.63 bits per heavy atom. The van der Waals surface area contributed by atoms with E-state index in [1.165, 1.54) is 0 Å². The highest BCUT2D eigenvalue weighted by Gasteiger charge is 2.19. The fourth-order valence-corrected chi connectivity index (χ4v) is 3.17. The molecule has 27 heavy (non-hydrogen) atoms. The van der Waals surface area contributed by atoms with Crippen LogP contribution >= 0.6 is 0 Å². The van der Waals surface area contributed by atoms with Crippen LogP contribution in [0.15, 0.2) is 24.3 Å². The summed E-state index contributed by atoms with van der Waals surface area (Å²) in [7, 11) is 0. The molecular weight excluding hydrogens is 346 g/mol. The van der Waals surface area contributed by atoms with E-state index in [-0.39, 0.29) is 12.4 Å². The second-order valence-corrected chi connectivity index (χ2v) is 6.81. The van der Waals surface area contributed by atoms with Gasteiger partial charge < -0.3 is 15.6 Å². The van der Waals surface area contributed by atoms with Gasteiger partial charge >= 0.3 is 0 Å². The van der Waals surface area contributed by atoms with Crippen LogP contribution in [-0.2, 0) is 11.3 Å². The Bertz CT molecular complexity index is 919. The number of β-amino-alcohol motifs (C(OH)–C–C–N with tert-alkyl or cyclic N) is 1. The van der Waals surface area contributed by atoms with E-state index in [0.29, 0.717) is 36.7 Å². The lowest BCUT2D eigenvalue weighted by Gasteiger charge is -2.28. The summed E-state index contributed by atoms with van der Waals surface area (Å²) in [5, 5.41) is 18.7. The van der Waals surface area contributed by atoms with Crippen molar-refractivity contribution in [1.29, 1.82) is 0 Å². The van der Waals surface area contributed by atoms with E-state index in [1.54, 1.807) is 4.68 Å². The van der Waals surface area contributed by atoms with Gasteiger partial charge in [-0.05, 0) is 6.92 Å². The monoisotopic (exact) mass is 369 g/mol. The van der Waals surface area contributed by atoms with E-state index in [1.807, 2.05) is 31.2 Å². The zero-order valence-electron chi connectivity index (χ0n) is 15.2. The standard InChI is InChI=1S/C18H23N7O2/c1-12-2-4-13(5-3-12)17-20-16(19)15-18(21-17)25(23-22-15)11-14(26)10-24-6-8-27-9-7-24/h2-5,14,26H,6-11H2,1H3,(H2,19,20,21). The van der Waals surface area contributed by atoms with Gasteiger partial charge in [-0.2, -0.15) is 0 Å². The zero-order chi connectivity index (χ0) is 18.8. The van der Waals surface area contributed by atoms with Crippen molar-refractivity contribution in [3.8, 4) is 11.4 Å². The maximum Gasteiger partial charge on any atom is 0.184 e. The Kier molecular flexibility index (Phi) is 4.97. The smallest absolute Gasteiger partial charge is 0.184 e. The van der Waals surface area contributed by atoms with Crippen LogP contribution in [0.4, 0.5) is 5.82 Å². The molecule has 1 aromatic carbocycles. The highest BCUT2D eigenvalue weighted by molar-refractivity contribution is 5.83. The Morgan fingerprint density at radius 1 is 1.15 bits per heavy atom. The minimum absolute atomic E-state index is 0.282. The summed E-state index contributed by atoms with van der Waals surface area (Å²) in [6, 6.07) is 7.91. The molecule has 1 aliphatic heterocycles. The van der Waals surface area contributed by atoms with E-state index in [9.17, 15) is 5.11 Å². The number of aliphatic hydroxyl groups excluding tert-OH is 1. The quantitative estimate of drug-likeness (QED) is 0.667. The van der Waals surface area contributed by atoms with Crippen LogP contribution in [0.25, 0.3) is 22.6 Å². The second kappa shape index (κ2) is 7.55. The summed E-state index contributed by atoms with van der Waals surface area (Å²) in [5.41, 5.74) is 9.07. The third-order valence-electron chi connectivity index (χ3n) is 4.66. The van der Waals surface area contributed by atoms with Gasteiger partial charge in [0.05, 0.1) is 25.9 Å². The predicted molar refractivity (Wildman–Crippen MR) is 101 cm³/mol. The summed E-state index contributed by atoms with van der Waals surface area (Å²) in [4.78, 5) is 11.1. The molecule has 9 heteroatoms. The average Bonchev–Trinajstić information content (AvgIpc) is 3.06. The van der Waals surface area contributed by atoms with Crippen LogP contribution < -0.4 is 5.73 Å². The van der Waals surface area contributed by atoms with Crippen molar-refractivity contribution in [3.63, 3.8) is 0 Å². The molecule has 1 unspecified atom stereocenters. The van der Waals surface area contributed by atoms with Crippen LogP contribution in [0.2, 0.25) is 0 Å². The van der Waals surface area contributed by atoms with Gasteiger partial charge in [0.1, 0.15) is 0 Å². The van der Waals surface area contributed by atoms with Gasteiger partial charge in [0.15, 0.2) is 22.8 Å². The first kappa shape index (κ1) is 17.8. The minimum atomic E-state index is -0.591. The molecule has 0 bridgehead atoms. The molecule has 0 amide bonds. The Morgan fingerprint density at radius 2 is 1.89 bits per heavy atom. The number of nitrogens with two attached hydrogens (primary N) is 1. The average molecular weight is 369 g/mol. The number of ether oxygens (including phenoxy) is 1. The molecular formula is C18H23N7O2. The number of nitrogens with zero attached hydrogens (tertiary/aromatic N) is 6. The fraction of sp³-hybridized carbons (Fsp3) is 0.444. The summed E-state index contributed by atoms with van der Waals surface area (Å²) < 4.78 is 6.93. The van der Waals surface area contributed by atoms with Crippen LogP contribution in [0.1, 0.15) is 5.56 Å². The van der Waals surface area contributed by atoms with E-state index in [0.717, 1.165) is 24.2 Å². The Balaban J connectivity index is 1.58. The summed E-state index contributed by atoms with van der Waals surface area (Å²) >= 11 is 0. The lowest BCUT2D eigenvalue weighted by atomic mass is 10.1. The van der Waals surface area contributed by atoms with Crippen molar-refractivity contribution in [3.05, 3.63) is 29.8 Å². The molecule has 0 spiro atoms. The lowest BCUT2D eigenvalue weighted by molar-refractivity contribution is 0.0109. The summed E-state index contributed by atoms with van der Waals surface area (Å²) in [5.74, 6) is 0.802. The normalized spacial score (nSPS) is 16.7. The van der Waals surface area contributed by atoms with Crippen molar-refractivity contribution in [2.75, 3.05) is 38.6 Å². The SMILES string of the molecule is Cc1ccc(-c2nc(N)c3nnn(CC(O)CN4CCOCC4)c3n2)cc1. The number of aliphatic hydroxyl groups is 1. The number of anilines is 1. The van der Waals surface area contributed by atoms with E-state index in [2.05, 4.69) is 25.2 Å². The third-order valence-corrected chi connectivity index (χ3v) is 4.66. The number of nitrogen functional groups attached to an aromatic ring is 1. The number of aromatic nitrogens is 5. The Hall–Kier alpha value is -2.62. The number of rotatable bonds is 5. The highest BCUT2D eigenvalue weighted by atomic mass is 16.5. The van der Waals surface area contributed by atoms with Crippen molar-refractivity contribution in [2.24, 2.45) is 0 Å². The molecule has 2 aromatic heterocycles. The Labute approximate surface area is 156 Å². The van der Waals surface area contributed by atoms with E-state index >= 15 is 0 Å². The van der Waals surface area contributed by atoms with Crippen LogP contribution in [0.5, 0.6) is 0 Å². The first-order valence-electron chi connectivity index (χ1n) is 9.02. The molecule has 3 aromatic rings. The molecule has 0 aliphatic carbocycles. The minimum Gasteiger partial charge on any atom is -0.390 e. The molecule has 3 N–H and O–H groups in total. The molecule has 1 atom stereocenters. The third kappa shape index (κ3) is 3.90. The zero-order valence-corrected chi connectivity index (χ0v) is 15.2. The molecule has 1 aliphatic rings. The van der Waals surface area contributed by atoms with Crippen molar-refractivity contribution < 1.29 is 9.84 Å². The van der Waals surface area contributed by atoms with Crippen molar-refractivity contribution in [1.82, 2.24) is 29.9 Å². The molecule has 9 nitrogen and oxygen atoms in total. The number of fused-ring (bicyclic) bond motifs is 1. The number of morpholine rings is 1. The maximum atomic E-state index is 10.5. The predicted octanol–water partition coefficient (Wildman–Crippen LogP) is 0.472. The van der Waals surface area contributed by atoms with Gasteiger partial charge in [-0.1, -0.05) is 35.0 Å². The largest absolute Gasteiger partial charge is 0.390 e. The number of hydrogen-bond acceptors (Lipinski definition) is 8. The number of hydrogen-bond donors (Lipinski definition) is 2. The topological polar surface area (TPSA) is 115 Å². The first-order valence-corrected chi connectivity index (χ1v) is 9.02. The van der Waals surface area contributed by atoms with Crippen LogP contribution in [0, 0.1) is 6.92 Å². The van der Waals surface area contributed by atoms with Gasteiger partial charge in [0.25, 0.3) is 0 Å². The van der Waals surface area contributed by atoms with Crippen LogP contribution in [0.3, 0.4) is 0 Å². The molecule has 142 valence electrons. The fourth-order valence-electron chi connectivity index (χ4n) is 3.17. The van der Waals surface area contributed by atoms with Gasteiger partial charge in [0.2, 0.25) is 0 Å². The maximum absolute atomic E-state index is 10.5. The summed E-state index contributed by atoms with van der Waals surface area (Å²) in [6.45, 7) is 5.90. The van der Waals surface area contributed by atoms with Crippen molar-refractivity contribution in [2.45, 2.75) is 19.6 Å². The molecule has 0 radical (unpaired) electrons. The van der Waals surface area contributed by atoms with E-state index in [4.69, 9.17) is 10.5 Å².